The molecule has 136 valence electrons. The van der Waals surface area contributed by atoms with Crippen LogP contribution in [0.5, 0.6) is 0 Å². The number of nitrogens with zero attached hydrogens (tertiary/aromatic N) is 1. The van der Waals surface area contributed by atoms with Gasteiger partial charge in [-0.1, -0.05) is 30.9 Å². The Bertz CT molecular complexity index is 608. The lowest BCUT2D eigenvalue weighted by atomic mass is 9.75. The van der Waals surface area contributed by atoms with E-state index < -0.39 is 0 Å². The Morgan fingerprint density at radius 2 is 1.80 bits per heavy atom. The Balaban J connectivity index is 1.37. The number of benzene rings is 1. The first-order valence-corrected chi connectivity index (χ1v) is 10.6. The molecule has 1 aliphatic heterocycles. The van der Waals surface area contributed by atoms with Gasteiger partial charge in [-0.25, -0.2) is 0 Å². The van der Waals surface area contributed by atoms with Crippen molar-refractivity contribution in [2.45, 2.75) is 32.1 Å². The summed E-state index contributed by atoms with van der Waals surface area (Å²) in [5.74, 6) is 2.28. The average Bonchev–Trinajstić information content (AvgIpc) is 2.63. The van der Waals surface area contributed by atoms with E-state index in [-0.39, 0.29) is 17.6 Å². The van der Waals surface area contributed by atoms with Crippen molar-refractivity contribution in [1.29, 1.82) is 0 Å². The predicted molar refractivity (Wildman–Crippen MR) is 104 cm³/mol. The van der Waals surface area contributed by atoms with Crippen molar-refractivity contribution < 1.29 is 9.59 Å². The Morgan fingerprint density at radius 1 is 1.08 bits per heavy atom. The van der Waals surface area contributed by atoms with Gasteiger partial charge in [0.25, 0.3) is 0 Å². The first-order chi connectivity index (χ1) is 12.1. The van der Waals surface area contributed by atoms with Gasteiger partial charge in [-0.15, -0.1) is 11.8 Å². The number of fused-ring (bicyclic) bond motifs is 1. The molecule has 1 N–H and O–H groups in total. The minimum atomic E-state index is -0.0916. The maximum absolute atomic E-state index is 12.4. The fourth-order valence-corrected chi connectivity index (χ4v) is 4.72. The highest BCUT2D eigenvalue weighted by molar-refractivity contribution is 8.00. The third-order valence-corrected chi connectivity index (χ3v) is 6.40. The quantitative estimate of drug-likeness (QED) is 0.838. The van der Waals surface area contributed by atoms with Crippen molar-refractivity contribution in [1.82, 2.24) is 4.90 Å². The third-order valence-electron chi connectivity index (χ3n) is 5.23. The number of hydrogen-bond acceptors (Lipinski definition) is 3. The number of nitrogens with one attached hydrogen (secondary N) is 1. The molecule has 1 aromatic carbocycles. The number of carbonyl (C=O) groups is 2. The van der Waals surface area contributed by atoms with Crippen LogP contribution in [0.15, 0.2) is 24.3 Å². The van der Waals surface area contributed by atoms with Crippen LogP contribution in [-0.2, 0) is 9.59 Å². The minimum absolute atomic E-state index is 0.0916. The molecular formula is C19H25ClN2O2S. The van der Waals surface area contributed by atoms with E-state index >= 15 is 0 Å². The topological polar surface area (TPSA) is 49.4 Å². The molecule has 6 heteroatoms. The van der Waals surface area contributed by atoms with E-state index in [2.05, 4.69) is 5.32 Å². The number of amides is 2. The zero-order valence-electron chi connectivity index (χ0n) is 14.4. The second-order valence-corrected chi connectivity index (χ2v) is 8.40. The van der Waals surface area contributed by atoms with Gasteiger partial charge in [-0.3, -0.25) is 9.59 Å². The van der Waals surface area contributed by atoms with Gasteiger partial charge in [0.05, 0.1) is 11.5 Å². The van der Waals surface area contributed by atoms with Gasteiger partial charge in [0.2, 0.25) is 11.8 Å². The number of rotatable bonds is 5. The predicted octanol–water partition coefficient (Wildman–Crippen LogP) is 4.05. The molecule has 0 radical (unpaired) electrons. The van der Waals surface area contributed by atoms with Gasteiger partial charge in [0.1, 0.15) is 0 Å². The van der Waals surface area contributed by atoms with E-state index in [0.29, 0.717) is 16.7 Å². The van der Waals surface area contributed by atoms with Crippen LogP contribution in [0.1, 0.15) is 32.1 Å². The van der Waals surface area contributed by atoms with E-state index in [1.165, 1.54) is 37.4 Å². The van der Waals surface area contributed by atoms with Gasteiger partial charge in [-0.05, 0) is 48.9 Å². The van der Waals surface area contributed by atoms with E-state index in [0.717, 1.165) is 31.1 Å². The number of piperidine rings is 1. The second-order valence-electron chi connectivity index (χ2n) is 6.98. The van der Waals surface area contributed by atoms with Crippen molar-refractivity contribution in [2.75, 3.05) is 29.9 Å². The Labute approximate surface area is 158 Å². The molecule has 0 spiro atoms. The largest absolute Gasteiger partial charge is 0.342 e. The molecule has 4 nitrogen and oxygen atoms in total. The summed E-state index contributed by atoms with van der Waals surface area (Å²) in [6.45, 7) is 1.80. The zero-order valence-corrected chi connectivity index (χ0v) is 16.0. The number of thioether (sulfide) groups is 1. The molecule has 2 amide bonds. The number of hydrogen-bond donors (Lipinski definition) is 1. The lowest BCUT2D eigenvalue weighted by Crippen LogP contribution is -2.45. The summed E-state index contributed by atoms with van der Waals surface area (Å²) in [6.07, 6.45) is 6.42. The fourth-order valence-electron chi connectivity index (χ4n) is 3.88. The summed E-state index contributed by atoms with van der Waals surface area (Å²) in [6, 6.07) is 7.01. The molecule has 1 saturated carbocycles. The number of carbonyl (C=O) groups excluding carboxylic acids is 2. The molecular weight excluding hydrogens is 356 g/mol. The van der Waals surface area contributed by atoms with Gasteiger partial charge >= 0.3 is 0 Å². The van der Waals surface area contributed by atoms with Crippen LogP contribution >= 0.6 is 23.4 Å². The molecule has 0 unspecified atom stereocenters. The molecule has 1 aromatic rings. The average molecular weight is 381 g/mol. The molecule has 2 fully saturated rings. The van der Waals surface area contributed by atoms with E-state index in [4.69, 9.17) is 11.6 Å². The van der Waals surface area contributed by atoms with Crippen LogP contribution in [-0.4, -0.2) is 41.3 Å². The monoisotopic (exact) mass is 380 g/mol. The van der Waals surface area contributed by atoms with Crippen LogP contribution in [0, 0.1) is 11.8 Å². The highest BCUT2D eigenvalue weighted by Gasteiger charge is 2.32. The van der Waals surface area contributed by atoms with E-state index in [1.807, 2.05) is 4.90 Å². The van der Waals surface area contributed by atoms with Crippen LogP contribution in [0.3, 0.4) is 0 Å². The van der Waals surface area contributed by atoms with Crippen LogP contribution in [0.25, 0.3) is 0 Å². The number of halogens is 1. The second kappa shape index (κ2) is 8.95. The summed E-state index contributed by atoms with van der Waals surface area (Å²) in [5, 5.41) is 3.45. The van der Waals surface area contributed by atoms with Crippen LogP contribution < -0.4 is 5.32 Å². The van der Waals surface area contributed by atoms with E-state index in [9.17, 15) is 9.59 Å². The maximum atomic E-state index is 12.4. The highest BCUT2D eigenvalue weighted by Crippen LogP contribution is 2.36. The summed E-state index contributed by atoms with van der Waals surface area (Å²) in [7, 11) is 0. The van der Waals surface area contributed by atoms with Gasteiger partial charge in [-0.2, -0.15) is 0 Å². The van der Waals surface area contributed by atoms with Gasteiger partial charge in [0, 0.05) is 23.8 Å². The molecule has 2 aliphatic rings. The van der Waals surface area contributed by atoms with Crippen LogP contribution in [0.2, 0.25) is 5.02 Å². The lowest BCUT2D eigenvalue weighted by molar-refractivity contribution is -0.131. The minimum Gasteiger partial charge on any atom is -0.342 e. The first kappa shape index (κ1) is 18.6. The summed E-state index contributed by atoms with van der Waals surface area (Å²) in [5.41, 5.74) is 0.723. The van der Waals surface area contributed by atoms with Crippen molar-refractivity contribution >= 4 is 40.9 Å². The van der Waals surface area contributed by atoms with E-state index in [1.54, 1.807) is 24.3 Å². The van der Waals surface area contributed by atoms with Crippen molar-refractivity contribution in [2.24, 2.45) is 11.8 Å². The lowest BCUT2D eigenvalue weighted by Gasteiger charge is -2.41. The Hall–Kier alpha value is -1.20. The third kappa shape index (κ3) is 5.38. The molecule has 3 rings (SSSR count). The summed E-state index contributed by atoms with van der Waals surface area (Å²) in [4.78, 5) is 26.4. The molecule has 1 heterocycles. The summed E-state index contributed by atoms with van der Waals surface area (Å²) < 4.78 is 0. The van der Waals surface area contributed by atoms with Gasteiger partial charge < -0.3 is 10.2 Å². The zero-order chi connectivity index (χ0) is 17.6. The number of anilines is 1. The Morgan fingerprint density at radius 3 is 2.56 bits per heavy atom. The molecule has 2 atom stereocenters. The number of likely N-dealkylation sites (tertiary alicyclic amines) is 1. The van der Waals surface area contributed by atoms with Crippen LogP contribution in [0.4, 0.5) is 5.69 Å². The highest BCUT2D eigenvalue weighted by atomic mass is 35.5. The molecule has 1 aliphatic carbocycles. The molecule has 0 bridgehead atoms. The Kier molecular flexibility index (Phi) is 6.65. The fraction of sp³-hybridized carbons (Fsp3) is 0.579. The van der Waals surface area contributed by atoms with Crippen molar-refractivity contribution in [3.63, 3.8) is 0 Å². The SMILES string of the molecule is O=C(CSCC(=O)N1CC[C@@H]2CCCC[C@@H]2C1)Nc1ccc(Cl)cc1. The molecule has 1 saturated heterocycles. The normalized spacial score (nSPS) is 23.0. The van der Waals surface area contributed by atoms with Crippen molar-refractivity contribution in [3.05, 3.63) is 29.3 Å². The smallest absolute Gasteiger partial charge is 0.234 e. The first-order valence-electron chi connectivity index (χ1n) is 9.03. The summed E-state index contributed by atoms with van der Waals surface area (Å²) >= 11 is 7.21. The molecule has 0 aromatic heterocycles. The molecule has 25 heavy (non-hydrogen) atoms. The standard InChI is InChI=1S/C19H25ClN2O2S/c20-16-5-7-17(8-6-16)21-18(23)12-25-13-19(24)22-10-9-14-3-1-2-4-15(14)11-22/h5-8,14-15H,1-4,9-13H2,(H,21,23)/t14-,15+/m0/s1. The van der Waals surface area contributed by atoms with Gasteiger partial charge in [0.15, 0.2) is 0 Å². The van der Waals surface area contributed by atoms with Crippen molar-refractivity contribution in [3.8, 4) is 0 Å². The maximum Gasteiger partial charge on any atom is 0.234 e.